The number of para-hydroxylation sites is 1. The normalized spacial score (nSPS) is 10.6. The first-order chi connectivity index (χ1) is 9.04. The van der Waals surface area contributed by atoms with Crippen molar-refractivity contribution in [2.45, 2.75) is 27.2 Å². The van der Waals surface area contributed by atoms with Gasteiger partial charge in [0.1, 0.15) is 0 Å². The summed E-state index contributed by atoms with van der Waals surface area (Å²) in [5, 5.41) is 8.94. The van der Waals surface area contributed by atoms with Gasteiger partial charge in [-0.15, -0.1) is 0 Å². The van der Waals surface area contributed by atoms with Crippen LogP contribution < -0.4 is 9.47 Å². The molecule has 0 amide bonds. The number of carbonyl (C=O) groups is 1. The van der Waals surface area contributed by atoms with E-state index in [0.29, 0.717) is 36.7 Å². The van der Waals surface area contributed by atoms with Gasteiger partial charge in [-0.05, 0) is 39.3 Å². The Labute approximate surface area is 113 Å². The van der Waals surface area contributed by atoms with E-state index in [1.54, 1.807) is 18.2 Å². The zero-order valence-electron chi connectivity index (χ0n) is 11.6. The number of aldehydes is 1. The summed E-state index contributed by atoms with van der Waals surface area (Å²) in [7, 11) is 0. The molecule has 0 saturated carbocycles. The summed E-state index contributed by atoms with van der Waals surface area (Å²) in [6, 6.07) is 7.41. The van der Waals surface area contributed by atoms with Gasteiger partial charge in [0, 0.05) is 0 Å². The Morgan fingerprint density at radius 3 is 2.68 bits per heavy atom. The summed E-state index contributed by atoms with van der Waals surface area (Å²) in [5.74, 6) is 1.01. The van der Waals surface area contributed by atoms with Crippen molar-refractivity contribution in [2.24, 2.45) is 5.41 Å². The highest BCUT2D eigenvalue weighted by Crippen LogP contribution is 2.31. The topological polar surface area (TPSA) is 59.3 Å². The minimum atomic E-state index is -0.443. The number of hydrogen-bond donors (Lipinski definition) is 0. The molecule has 4 nitrogen and oxygen atoms in total. The van der Waals surface area contributed by atoms with Crippen LogP contribution in [-0.2, 0) is 0 Å². The standard InChI is InChI=1S/C15H19NO3/c1-4-18-13-7-5-6-12(10-17)14(13)19-9-8-15(2,3)11-16/h5-7,10H,4,8-9H2,1-3H3. The first-order valence-electron chi connectivity index (χ1n) is 6.29. The van der Waals surface area contributed by atoms with Gasteiger partial charge in [0.05, 0.1) is 30.3 Å². The molecule has 0 bridgehead atoms. The molecule has 0 heterocycles. The summed E-state index contributed by atoms with van der Waals surface area (Å²) < 4.78 is 11.1. The molecule has 0 aliphatic rings. The molecule has 0 aliphatic carbocycles. The van der Waals surface area contributed by atoms with E-state index in [0.717, 1.165) is 6.29 Å². The quantitative estimate of drug-likeness (QED) is 0.707. The Bertz CT molecular complexity index is 475. The first kappa shape index (κ1) is 15.0. The summed E-state index contributed by atoms with van der Waals surface area (Å²) in [5.41, 5.74) is 0.0164. The van der Waals surface area contributed by atoms with Crippen molar-refractivity contribution in [3.05, 3.63) is 23.8 Å². The highest BCUT2D eigenvalue weighted by molar-refractivity contribution is 5.81. The Balaban J connectivity index is 2.81. The number of carbonyl (C=O) groups excluding carboxylic acids is 1. The van der Waals surface area contributed by atoms with Crippen LogP contribution in [0.1, 0.15) is 37.6 Å². The first-order valence-corrected chi connectivity index (χ1v) is 6.29. The second-order valence-electron chi connectivity index (χ2n) is 4.82. The van der Waals surface area contributed by atoms with E-state index < -0.39 is 5.41 Å². The minimum Gasteiger partial charge on any atom is -0.490 e. The van der Waals surface area contributed by atoms with Crippen LogP contribution in [0, 0.1) is 16.7 Å². The molecule has 0 radical (unpaired) electrons. The van der Waals surface area contributed by atoms with Gasteiger partial charge in [-0.3, -0.25) is 4.79 Å². The molecule has 0 unspecified atom stereocenters. The molecule has 4 heteroatoms. The van der Waals surface area contributed by atoms with Crippen LogP contribution >= 0.6 is 0 Å². The molecule has 0 spiro atoms. The molecule has 1 rings (SSSR count). The fourth-order valence-corrected chi connectivity index (χ4v) is 1.51. The molecule has 0 saturated heterocycles. The lowest BCUT2D eigenvalue weighted by atomic mass is 9.92. The lowest BCUT2D eigenvalue weighted by molar-refractivity contribution is 0.111. The Kier molecular flexibility index (Phi) is 5.37. The molecule has 0 aromatic heterocycles. The highest BCUT2D eigenvalue weighted by Gasteiger charge is 2.18. The third-order valence-corrected chi connectivity index (χ3v) is 2.71. The van der Waals surface area contributed by atoms with Crippen LogP contribution in [0.15, 0.2) is 18.2 Å². The van der Waals surface area contributed by atoms with Crippen molar-refractivity contribution in [1.29, 1.82) is 5.26 Å². The Hall–Kier alpha value is -2.02. The largest absolute Gasteiger partial charge is 0.490 e. The SMILES string of the molecule is CCOc1cccc(C=O)c1OCCC(C)(C)C#N. The summed E-state index contributed by atoms with van der Waals surface area (Å²) in [6.07, 6.45) is 1.33. The maximum absolute atomic E-state index is 11.0. The van der Waals surface area contributed by atoms with Gasteiger partial charge in [0.25, 0.3) is 0 Å². The zero-order valence-corrected chi connectivity index (χ0v) is 11.6. The molecule has 1 aromatic carbocycles. The Morgan fingerprint density at radius 1 is 1.37 bits per heavy atom. The number of benzene rings is 1. The van der Waals surface area contributed by atoms with Crippen molar-refractivity contribution in [1.82, 2.24) is 0 Å². The van der Waals surface area contributed by atoms with E-state index >= 15 is 0 Å². The number of hydrogen-bond acceptors (Lipinski definition) is 4. The van der Waals surface area contributed by atoms with Gasteiger partial charge in [-0.25, -0.2) is 0 Å². The maximum Gasteiger partial charge on any atom is 0.171 e. The van der Waals surface area contributed by atoms with Gasteiger partial charge in [0.15, 0.2) is 17.8 Å². The van der Waals surface area contributed by atoms with Crippen molar-refractivity contribution in [3.63, 3.8) is 0 Å². The molecule has 102 valence electrons. The number of ether oxygens (including phenoxy) is 2. The van der Waals surface area contributed by atoms with Crippen LogP contribution in [0.4, 0.5) is 0 Å². The van der Waals surface area contributed by atoms with Gasteiger partial charge < -0.3 is 9.47 Å². The van der Waals surface area contributed by atoms with E-state index in [-0.39, 0.29) is 0 Å². The maximum atomic E-state index is 11.0. The molecule has 0 aliphatic heterocycles. The molecule has 0 N–H and O–H groups in total. The van der Waals surface area contributed by atoms with Gasteiger partial charge in [-0.1, -0.05) is 6.07 Å². The van der Waals surface area contributed by atoms with Crippen molar-refractivity contribution >= 4 is 6.29 Å². The number of nitriles is 1. The van der Waals surface area contributed by atoms with Crippen LogP contribution in [0.3, 0.4) is 0 Å². The third kappa shape index (κ3) is 4.29. The van der Waals surface area contributed by atoms with Crippen LogP contribution in [0.25, 0.3) is 0 Å². The predicted molar refractivity (Wildman–Crippen MR) is 72.5 cm³/mol. The monoisotopic (exact) mass is 261 g/mol. The van der Waals surface area contributed by atoms with E-state index in [9.17, 15) is 4.79 Å². The van der Waals surface area contributed by atoms with Crippen LogP contribution in [-0.4, -0.2) is 19.5 Å². The van der Waals surface area contributed by atoms with Crippen molar-refractivity contribution in [2.75, 3.05) is 13.2 Å². The van der Waals surface area contributed by atoms with E-state index in [1.165, 1.54) is 0 Å². The van der Waals surface area contributed by atoms with E-state index in [1.807, 2.05) is 20.8 Å². The number of rotatable bonds is 7. The molecular formula is C15H19NO3. The van der Waals surface area contributed by atoms with Crippen molar-refractivity contribution in [3.8, 4) is 17.6 Å². The summed E-state index contributed by atoms with van der Waals surface area (Å²) in [6.45, 7) is 6.45. The van der Waals surface area contributed by atoms with Crippen LogP contribution in [0.2, 0.25) is 0 Å². The fraction of sp³-hybridized carbons (Fsp3) is 0.467. The lowest BCUT2D eigenvalue weighted by Gasteiger charge is -2.17. The van der Waals surface area contributed by atoms with Crippen molar-refractivity contribution < 1.29 is 14.3 Å². The molecule has 0 atom stereocenters. The summed E-state index contributed by atoms with van der Waals surface area (Å²) >= 11 is 0. The fourth-order valence-electron chi connectivity index (χ4n) is 1.51. The molecule has 19 heavy (non-hydrogen) atoms. The predicted octanol–water partition coefficient (Wildman–Crippen LogP) is 3.22. The third-order valence-electron chi connectivity index (χ3n) is 2.71. The minimum absolute atomic E-state index is 0.367. The van der Waals surface area contributed by atoms with E-state index in [2.05, 4.69) is 6.07 Å². The average molecular weight is 261 g/mol. The second-order valence-corrected chi connectivity index (χ2v) is 4.82. The second kappa shape index (κ2) is 6.79. The molecule has 0 fully saturated rings. The summed E-state index contributed by atoms with van der Waals surface area (Å²) in [4.78, 5) is 11.0. The van der Waals surface area contributed by atoms with Gasteiger partial charge in [0.2, 0.25) is 0 Å². The highest BCUT2D eigenvalue weighted by atomic mass is 16.5. The number of nitrogens with zero attached hydrogens (tertiary/aromatic N) is 1. The smallest absolute Gasteiger partial charge is 0.171 e. The lowest BCUT2D eigenvalue weighted by Crippen LogP contribution is -2.14. The van der Waals surface area contributed by atoms with Crippen LogP contribution in [0.5, 0.6) is 11.5 Å². The molecular weight excluding hydrogens is 242 g/mol. The Morgan fingerprint density at radius 2 is 2.11 bits per heavy atom. The van der Waals surface area contributed by atoms with E-state index in [4.69, 9.17) is 14.7 Å². The van der Waals surface area contributed by atoms with Gasteiger partial charge in [-0.2, -0.15) is 5.26 Å². The van der Waals surface area contributed by atoms with Gasteiger partial charge >= 0.3 is 0 Å². The molecule has 1 aromatic rings. The average Bonchev–Trinajstić information content (AvgIpc) is 2.40. The zero-order chi connectivity index (χ0) is 14.3.